The smallest absolute Gasteiger partial charge is 0.359 e. The number of esters is 2. The van der Waals surface area contributed by atoms with Crippen molar-refractivity contribution in [1.82, 2.24) is 9.61 Å². The number of pyridine rings is 1. The maximum Gasteiger partial charge on any atom is 0.359 e. The molecule has 0 spiro atoms. The van der Waals surface area contributed by atoms with Crippen LogP contribution in [0.4, 0.5) is 0 Å². The standard InChI is InChI=1S/C14H13BrN2O4/c1-20-13(18)11-9-5-8(7-3-4-7)6-10(15)17(9)16-12(11)14(19)21-2/h5-7H,3-4H2,1-2H3. The Labute approximate surface area is 129 Å². The van der Waals surface area contributed by atoms with Crippen molar-refractivity contribution in [3.05, 3.63) is 33.6 Å². The Morgan fingerprint density at radius 3 is 2.48 bits per heavy atom. The highest BCUT2D eigenvalue weighted by molar-refractivity contribution is 9.10. The van der Waals surface area contributed by atoms with Crippen molar-refractivity contribution >= 4 is 33.4 Å². The van der Waals surface area contributed by atoms with Crippen LogP contribution in [0, 0.1) is 0 Å². The van der Waals surface area contributed by atoms with E-state index in [9.17, 15) is 9.59 Å². The van der Waals surface area contributed by atoms with Crippen molar-refractivity contribution in [3.63, 3.8) is 0 Å². The van der Waals surface area contributed by atoms with Crippen molar-refractivity contribution in [3.8, 4) is 0 Å². The van der Waals surface area contributed by atoms with Gasteiger partial charge in [-0.1, -0.05) is 0 Å². The molecular formula is C14H13BrN2O4. The van der Waals surface area contributed by atoms with E-state index in [1.54, 1.807) is 0 Å². The largest absolute Gasteiger partial charge is 0.465 e. The van der Waals surface area contributed by atoms with Crippen molar-refractivity contribution in [2.75, 3.05) is 14.2 Å². The summed E-state index contributed by atoms with van der Waals surface area (Å²) < 4.78 is 11.7. The third-order valence-electron chi connectivity index (χ3n) is 3.53. The quantitative estimate of drug-likeness (QED) is 0.627. The van der Waals surface area contributed by atoms with E-state index in [2.05, 4.69) is 21.0 Å². The Bertz CT molecular complexity index is 749. The monoisotopic (exact) mass is 352 g/mol. The van der Waals surface area contributed by atoms with Crippen molar-refractivity contribution in [2.45, 2.75) is 18.8 Å². The van der Waals surface area contributed by atoms with Gasteiger partial charge in [-0.2, -0.15) is 5.10 Å². The van der Waals surface area contributed by atoms with Gasteiger partial charge in [0.2, 0.25) is 0 Å². The van der Waals surface area contributed by atoms with Crippen LogP contribution in [-0.4, -0.2) is 35.8 Å². The fourth-order valence-corrected chi connectivity index (χ4v) is 2.86. The number of hydrogen-bond donors (Lipinski definition) is 0. The third kappa shape index (κ3) is 2.31. The molecule has 0 unspecified atom stereocenters. The fraction of sp³-hybridized carbons (Fsp3) is 0.357. The molecular weight excluding hydrogens is 340 g/mol. The minimum Gasteiger partial charge on any atom is -0.465 e. The van der Waals surface area contributed by atoms with Crippen LogP contribution in [0.2, 0.25) is 0 Å². The lowest BCUT2D eigenvalue weighted by atomic mass is 10.1. The molecule has 1 saturated carbocycles. The first kappa shape index (κ1) is 14.1. The molecule has 2 aromatic heterocycles. The maximum absolute atomic E-state index is 12.0. The topological polar surface area (TPSA) is 69.9 Å². The predicted octanol–water partition coefficient (Wildman–Crippen LogP) is 2.55. The number of aromatic nitrogens is 2. The summed E-state index contributed by atoms with van der Waals surface area (Å²) in [5, 5.41) is 4.17. The Hall–Kier alpha value is -1.89. The summed E-state index contributed by atoms with van der Waals surface area (Å²) in [6.07, 6.45) is 2.27. The van der Waals surface area contributed by atoms with E-state index >= 15 is 0 Å². The molecule has 0 saturated heterocycles. The van der Waals surface area contributed by atoms with Crippen molar-refractivity contribution in [1.29, 1.82) is 0 Å². The number of ether oxygens (including phenoxy) is 2. The van der Waals surface area contributed by atoms with E-state index in [0.717, 1.165) is 18.4 Å². The van der Waals surface area contributed by atoms with E-state index in [1.807, 2.05) is 12.1 Å². The van der Waals surface area contributed by atoms with Crippen LogP contribution in [0.5, 0.6) is 0 Å². The molecule has 7 heteroatoms. The molecule has 1 aliphatic carbocycles. The van der Waals surface area contributed by atoms with Gasteiger partial charge in [-0.25, -0.2) is 14.1 Å². The van der Waals surface area contributed by atoms with Crippen LogP contribution < -0.4 is 0 Å². The van der Waals surface area contributed by atoms with Gasteiger partial charge in [0, 0.05) is 0 Å². The van der Waals surface area contributed by atoms with Crippen LogP contribution in [0.3, 0.4) is 0 Å². The molecule has 6 nitrogen and oxygen atoms in total. The molecule has 1 fully saturated rings. The Kier molecular flexibility index (Phi) is 3.44. The number of carbonyl (C=O) groups is 2. The zero-order valence-corrected chi connectivity index (χ0v) is 13.1. The summed E-state index contributed by atoms with van der Waals surface area (Å²) in [5.41, 5.74) is 1.75. The number of methoxy groups -OCH3 is 2. The molecule has 0 N–H and O–H groups in total. The molecule has 0 amide bonds. The minimum absolute atomic E-state index is 0.0435. The van der Waals surface area contributed by atoms with Crippen LogP contribution >= 0.6 is 15.9 Å². The number of hydrogen-bond acceptors (Lipinski definition) is 5. The number of fused-ring (bicyclic) bond motifs is 1. The van der Waals surface area contributed by atoms with E-state index in [1.165, 1.54) is 18.7 Å². The molecule has 21 heavy (non-hydrogen) atoms. The average Bonchev–Trinajstić information content (AvgIpc) is 3.26. The molecule has 0 bridgehead atoms. The molecule has 3 rings (SSSR count). The lowest BCUT2D eigenvalue weighted by Gasteiger charge is -2.04. The van der Waals surface area contributed by atoms with Crippen molar-refractivity contribution in [2.24, 2.45) is 0 Å². The first-order valence-corrected chi connectivity index (χ1v) is 7.25. The number of carbonyl (C=O) groups excluding carboxylic acids is 2. The molecule has 2 heterocycles. The lowest BCUT2D eigenvalue weighted by molar-refractivity contribution is 0.0553. The van der Waals surface area contributed by atoms with Crippen LogP contribution in [0.1, 0.15) is 45.2 Å². The summed E-state index contributed by atoms with van der Waals surface area (Å²) in [4.78, 5) is 23.9. The van der Waals surface area contributed by atoms with Crippen LogP contribution in [0.25, 0.3) is 5.52 Å². The summed E-state index contributed by atoms with van der Waals surface area (Å²) in [7, 11) is 2.52. The number of halogens is 1. The fourth-order valence-electron chi connectivity index (χ4n) is 2.32. The van der Waals surface area contributed by atoms with Gasteiger partial charge in [0.15, 0.2) is 5.69 Å². The Balaban J connectivity index is 2.29. The zero-order chi connectivity index (χ0) is 15.1. The lowest BCUT2D eigenvalue weighted by Crippen LogP contribution is -2.10. The number of nitrogens with zero attached hydrogens (tertiary/aromatic N) is 2. The van der Waals surface area contributed by atoms with E-state index in [0.29, 0.717) is 16.0 Å². The molecule has 0 aliphatic heterocycles. The van der Waals surface area contributed by atoms with E-state index < -0.39 is 11.9 Å². The van der Waals surface area contributed by atoms with Crippen LogP contribution in [-0.2, 0) is 9.47 Å². The summed E-state index contributed by atoms with van der Waals surface area (Å²) >= 11 is 3.43. The highest BCUT2D eigenvalue weighted by Gasteiger charge is 2.30. The molecule has 0 aromatic carbocycles. The van der Waals surface area contributed by atoms with Gasteiger partial charge < -0.3 is 9.47 Å². The normalized spacial score (nSPS) is 14.2. The molecule has 1 aliphatic rings. The van der Waals surface area contributed by atoms with Gasteiger partial charge >= 0.3 is 11.9 Å². The maximum atomic E-state index is 12.0. The third-order valence-corrected chi connectivity index (χ3v) is 4.09. The van der Waals surface area contributed by atoms with Gasteiger partial charge in [0.25, 0.3) is 0 Å². The second-order valence-electron chi connectivity index (χ2n) is 4.89. The first-order valence-electron chi connectivity index (χ1n) is 6.45. The second-order valence-corrected chi connectivity index (χ2v) is 5.70. The molecule has 0 atom stereocenters. The second kappa shape index (κ2) is 5.14. The van der Waals surface area contributed by atoms with Crippen molar-refractivity contribution < 1.29 is 19.1 Å². The van der Waals surface area contributed by atoms with Gasteiger partial charge in [0.05, 0.1) is 19.7 Å². The molecule has 0 radical (unpaired) electrons. The zero-order valence-electron chi connectivity index (χ0n) is 11.6. The summed E-state index contributed by atoms with van der Waals surface area (Å²) in [6, 6.07) is 3.84. The highest BCUT2D eigenvalue weighted by Crippen LogP contribution is 2.41. The van der Waals surface area contributed by atoms with Crippen LogP contribution in [0.15, 0.2) is 16.7 Å². The summed E-state index contributed by atoms with van der Waals surface area (Å²) in [6.45, 7) is 0. The van der Waals surface area contributed by atoms with E-state index in [-0.39, 0.29) is 11.3 Å². The molecule has 2 aromatic rings. The van der Waals surface area contributed by atoms with E-state index in [4.69, 9.17) is 9.47 Å². The van der Waals surface area contributed by atoms with Gasteiger partial charge in [0.1, 0.15) is 10.2 Å². The first-order chi connectivity index (χ1) is 10.1. The predicted molar refractivity (Wildman–Crippen MR) is 77.5 cm³/mol. The highest BCUT2D eigenvalue weighted by atomic mass is 79.9. The SMILES string of the molecule is COC(=O)c1nn2c(Br)cc(C3CC3)cc2c1C(=O)OC. The van der Waals surface area contributed by atoms with Gasteiger partial charge in [-0.05, 0) is 52.4 Å². The average molecular weight is 353 g/mol. The molecule has 110 valence electrons. The number of rotatable bonds is 3. The Morgan fingerprint density at radius 1 is 1.24 bits per heavy atom. The Morgan fingerprint density at radius 2 is 1.90 bits per heavy atom. The summed E-state index contributed by atoms with van der Waals surface area (Å²) in [5.74, 6) is -0.766. The van der Waals surface area contributed by atoms with Gasteiger partial charge in [-0.15, -0.1) is 0 Å². The minimum atomic E-state index is -0.668. The van der Waals surface area contributed by atoms with Gasteiger partial charge in [-0.3, -0.25) is 0 Å².